The van der Waals surface area contributed by atoms with Crippen LogP contribution >= 0.6 is 15.9 Å². The van der Waals surface area contributed by atoms with Gasteiger partial charge in [0.2, 0.25) is 5.78 Å². The predicted molar refractivity (Wildman–Crippen MR) is 126 cm³/mol. The Morgan fingerprint density at radius 3 is 2.75 bits per heavy atom. The molecule has 0 aromatic heterocycles. The Labute approximate surface area is 196 Å². The Bertz CT molecular complexity index is 1060. The largest absolute Gasteiger partial charge is 0.478 e. The van der Waals surface area contributed by atoms with Crippen LogP contribution in [0.15, 0.2) is 40.6 Å². The summed E-state index contributed by atoms with van der Waals surface area (Å²) in [5, 5.41) is 0. The maximum Gasteiger partial charge on any atom is 0.232 e. The van der Waals surface area contributed by atoms with Gasteiger partial charge >= 0.3 is 0 Å². The smallest absolute Gasteiger partial charge is 0.232 e. The average molecular weight is 499 g/mol. The summed E-state index contributed by atoms with van der Waals surface area (Å²) in [6, 6.07) is 9.80. The van der Waals surface area contributed by atoms with Crippen molar-refractivity contribution >= 4 is 27.8 Å². The number of fused-ring (bicyclic) bond motifs is 3. The molecule has 2 aromatic carbocycles. The Morgan fingerprint density at radius 2 is 1.94 bits per heavy atom. The number of hydrogen-bond acceptors (Lipinski definition) is 6. The lowest BCUT2D eigenvalue weighted by atomic mass is 9.98. The van der Waals surface area contributed by atoms with Crippen molar-refractivity contribution in [3.8, 4) is 11.5 Å². The summed E-state index contributed by atoms with van der Waals surface area (Å²) in [4.78, 5) is 17.9. The number of nitrogens with zero attached hydrogens (tertiary/aromatic N) is 2. The molecule has 3 heterocycles. The SMILES string of the molecule is Cc1cc2c(c3c1C(=O)/C(=C/c1cccc(Br)c1)O3)CN(CCCN1CCOCC1)CO2. The van der Waals surface area contributed by atoms with Gasteiger partial charge in [-0.1, -0.05) is 28.1 Å². The Hall–Kier alpha value is -2.19. The molecule has 0 atom stereocenters. The van der Waals surface area contributed by atoms with Crippen LogP contribution in [0.1, 0.15) is 33.5 Å². The van der Waals surface area contributed by atoms with E-state index in [0.29, 0.717) is 23.8 Å². The molecule has 0 radical (unpaired) electrons. The van der Waals surface area contributed by atoms with Gasteiger partial charge in [0.05, 0.1) is 24.3 Å². The zero-order valence-corrected chi connectivity index (χ0v) is 19.8. The summed E-state index contributed by atoms with van der Waals surface area (Å²) < 4.78 is 18.6. The summed E-state index contributed by atoms with van der Waals surface area (Å²) in [6.45, 7) is 8.90. The highest BCUT2D eigenvalue weighted by Gasteiger charge is 2.35. The van der Waals surface area contributed by atoms with Crippen LogP contribution in [0, 0.1) is 6.92 Å². The molecule has 2 aromatic rings. The molecule has 6 nitrogen and oxygen atoms in total. The number of allylic oxidation sites excluding steroid dienone is 1. The Kier molecular flexibility index (Phi) is 6.33. The standard InChI is InChI=1S/C25H27BrN2O4/c1-17-12-21-20(15-28(16-31-21)7-3-6-27-8-10-30-11-9-27)25-23(17)24(29)22(32-25)14-18-4-2-5-19(26)13-18/h2,4-5,12-14H,3,6-11,15-16H2,1H3/b22-14-. The van der Waals surface area contributed by atoms with Crippen molar-refractivity contribution in [1.29, 1.82) is 0 Å². The number of ketones is 1. The van der Waals surface area contributed by atoms with E-state index >= 15 is 0 Å². The van der Waals surface area contributed by atoms with Crippen molar-refractivity contribution in [3.05, 3.63) is 62.8 Å². The topological polar surface area (TPSA) is 51.2 Å². The van der Waals surface area contributed by atoms with E-state index < -0.39 is 0 Å². The summed E-state index contributed by atoms with van der Waals surface area (Å²) in [5.41, 5.74) is 3.43. The van der Waals surface area contributed by atoms with E-state index in [2.05, 4.69) is 25.7 Å². The van der Waals surface area contributed by atoms with E-state index in [1.165, 1.54) is 0 Å². The number of rotatable bonds is 5. The Morgan fingerprint density at radius 1 is 1.12 bits per heavy atom. The molecule has 168 valence electrons. The molecule has 0 saturated carbocycles. The van der Waals surface area contributed by atoms with Gasteiger partial charge < -0.3 is 14.2 Å². The number of carbonyl (C=O) groups excluding carboxylic acids is 1. The maximum atomic E-state index is 13.1. The third kappa shape index (κ3) is 4.48. The quantitative estimate of drug-likeness (QED) is 0.574. The number of halogens is 1. The normalized spacial score (nSPS) is 20.1. The Balaban J connectivity index is 1.32. The average Bonchev–Trinajstić information content (AvgIpc) is 3.12. The first-order chi connectivity index (χ1) is 15.6. The van der Waals surface area contributed by atoms with E-state index in [4.69, 9.17) is 14.2 Å². The van der Waals surface area contributed by atoms with E-state index in [0.717, 1.165) is 79.3 Å². The number of ether oxygens (including phenoxy) is 3. The molecule has 7 heteroatoms. The monoisotopic (exact) mass is 498 g/mol. The van der Waals surface area contributed by atoms with Gasteiger partial charge in [-0.05, 0) is 55.3 Å². The van der Waals surface area contributed by atoms with Gasteiger partial charge in [-0.2, -0.15) is 0 Å². The van der Waals surface area contributed by atoms with E-state index in [1.54, 1.807) is 0 Å². The van der Waals surface area contributed by atoms with E-state index in [9.17, 15) is 4.79 Å². The molecule has 32 heavy (non-hydrogen) atoms. The predicted octanol–water partition coefficient (Wildman–Crippen LogP) is 4.25. The van der Waals surface area contributed by atoms with Gasteiger partial charge in [-0.3, -0.25) is 14.6 Å². The van der Waals surface area contributed by atoms with Crippen LogP contribution in [-0.4, -0.2) is 61.7 Å². The van der Waals surface area contributed by atoms with Gasteiger partial charge in [-0.25, -0.2) is 0 Å². The van der Waals surface area contributed by atoms with Crippen LogP contribution in [0.3, 0.4) is 0 Å². The molecule has 3 aliphatic heterocycles. The van der Waals surface area contributed by atoms with Crippen LogP contribution in [0.2, 0.25) is 0 Å². The van der Waals surface area contributed by atoms with Crippen molar-refractivity contribution in [2.24, 2.45) is 0 Å². The van der Waals surface area contributed by atoms with Gasteiger partial charge in [0.15, 0.2) is 5.76 Å². The van der Waals surface area contributed by atoms with Gasteiger partial charge in [-0.15, -0.1) is 0 Å². The van der Waals surface area contributed by atoms with Crippen LogP contribution in [0.25, 0.3) is 6.08 Å². The zero-order chi connectivity index (χ0) is 22.1. The molecule has 0 amide bonds. The highest BCUT2D eigenvalue weighted by molar-refractivity contribution is 9.10. The first-order valence-electron chi connectivity index (χ1n) is 11.1. The van der Waals surface area contributed by atoms with Crippen molar-refractivity contribution in [3.63, 3.8) is 0 Å². The van der Waals surface area contributed by atoms with Crippen molar-refractivity contribution in [2.75, 3.05) is 46.1 Å². The van der Waals surface area contributed by atoms with Gasteiger partial charge in [0.1, 0.15) is 18.2 Å². The van der Waals surface area contributed by atoms with Crippen molar-refractivity contribution in [1.82, 2.24) is 9.80 Å². The molecular formula is C25H27BrN2O4. The molecule has 5 rings (SSSR count). The van der Waals surface area contributed by atoms with E-state index in [1.807, 2.05) is 43.3 Å². The second kappa shape index (κ2) is 9.35. The molecule has 1 saturated heterocycles. The number of Topliss-reactive ketones (excluding diaryl/α,β-unsaturated/α-hetero) is 1. The molecular weight excluding hydrogens is 472 g/mol. The summed E-state index contributed by atoms with van der Waals surface area (Å²) in [6.07, 6.45) is 2.88. The molecule has 0 aliphatic carbocycles. The van der Waals surface area contributed by atoms with E-state index in [-0.39, 0.29) is 5.78 Å². The molecule has 0 N–H and O–H groups in total. The minimum absolute atomic E-state index is 0.0651. The number of aryl methyl sites for hydroxylation is 1. The minimum Gasteiger partial charge on any atom is -0.478 e. The van der Waals surface area contributed by atoms with Crippen LogP contribution in [0.5, 0.6) is 11.5 Å². The first-order valence-corrected chi connectivity index (χ1v) is 11.9. The molecule has 1 fully saturated rings. The number of morpholine rings is 1. The minimum atomic E-state index is -0.0651. The number of carbonyl (C=O) groups is 1. The fraction of sp³-hybridized carbons (Fsp3) is 0.400. The van der Waals surface area contributed by atoms with Crippen LogP contribution < -0.4 is 9.47 Å². The fourth-order valence-corrected chi connectivity index (χ4v) is 4.93. The first kappa shape index (κ1) is 21.6. The summed E-state index contributed by atoms with van der Waals surface area (Å²) >= 11 is 3.48. The number of benzene rings is 2. The summed E-state index contributed by atoms with van der Waals surface area (Å²) in [7, 11) is 0. The van der Waals surface area contributed by atoms with Gasteiger partial charge in [0.25, 0.3) is 0 Å². The van der Waals surface area contributed by atoms with Gasteiger partial charge in [0, 0.05) is 30.7 Å². The molecule has 3 aliphatic rings. The van der Waals surface area contributed by atoms with Crippen LogP contribution in [0.4, 0.5) is 0 Å². The molecule has 0 unspecified atom stereocenters. The third-order valence-electron chi connectivity index (χ3n) is 6.19. The lowest BCUT2D eigenvalue weighted by molar-refractivity contribution is 0.0329. The summed E-state index contributed by atoms with van der Waals surface area (Å²) in [5.74, 6) is 1.77. The zero-order valence-electron chi connectivity index (χ0n) is 18.2. The lowest BCUT2D eigenvalue weighted by Gasteiger charge is -2.31. The van der Waals surface area contributed by atoms with Crippen LogP contribution in [-0.2, 0) is 11.3 Å². The number of hydrogen-bond donors (Lipinski definition) is 0. The third-order valence-corrected chi connectivity index (χ3v) is 6.68. The van der Waals surface area contributed by atoms with Crippen molar-refractivity contribution < 1.29 is 19.0 Å². The fourth-order valence-electron chi connectivity index (χ4n) is 4.51. The molecule has 0 bridgehead atoms. The highest BCUT2D eigenvalue weighted by atomic mass is 79.9. The highest BCUT2D eigenvalue weighted by Crippen LogP contribution is 2.44. The second-order valence-corrected chi connectivity index (χ2v) is 9.42. The second-order valence-electron chi connectivity index (χ2n) is 8.50. The maximum absolute atomic E-state index is 13.1. The lowest BCUT2D eigenvalue weighted by Crippen LogP contribution is -2.39. The van der Waals surface area contributed by atoms with Crippen molar-refractivity contribution in [2.45, 2.75) is 19.9 Å². The molecule has 0 spiro atoms.